The number of carboxylic acid groups (broad SMARTS) is 4. The molecule has 1 rings (SSSR count). The molecule has 0 spiro atoms. The maximum atomic E-state index is 10.4. The third-order valence-corrected chi connectivity index (χ3v) is 1.72. The Morgan fingerprint density at radius 1 is 0.750 bits per heavy atom. The highest BCUT2D eigenvalue weighted by Gasteiger charge is 2.06. The van der Waals surface area contributed by atoms with Gasteiger partial charge in [0, 0.05) is 12.2 Å². The molecule has 4 N–H and O–H groups in total. The van der Waals surface area contributed by atoms with Gasteiger partial charge < -0.3 is 20.4 Å². The van der Waals surface area contributed by atoms with Crippen molar-refractivity contribution in [1.82, 2.24) is 0 Å². The first-order valence-electron chi connectivity index (χ1n) is 4.94. The number of rotatable bonds is 4. The Bertz CT molecular complexity index is 513. The lowest BCUT2D eigenvalue weighted by atomic mass is 10.1. The van der Waals surface area contributed by atoms with Gasteiger partial charge in [-0.3, -0.25) is 0 Å². The SMILES string of the molecule is O=C(O)/C=C/C(=O)O.O=C(O)c1cccc(C(=O)O)c1. The van der Waals surface area contributed by atoms with E-state index in [1.54, 1.807) is 0 Å². The molecule has 8 heteroatoms. The second kappa shape index (κ2) is 8.03. The van der Waals surface area contributed by atoms with Gasteiger partial charge in [0.2, 0.25) is 0 Å². The fourth-order valence-corrected chi connectivity index (χ4v) is 0.928. The number of aliphatic carboxylic acids is 2. The summed E-state index contributed by atoms with van der Waals surface area (Å²) in [5, 5.41) is 32.6. The van der Waals surface area contributed by atoms with Crippen molar-refractivity contribution in [1.29, 1.82) is 0 Å². The average molecular weight is 282 g/mol. The van der Waals surface area contributed by atoms with Gasteiger partial charge in [0.25, 0.3) is 0 Å². The molecule has 0 radical (unpaired) electrons. The predicted octanol–water partition coefficient (Wildman–Crippen LogP) is 0.795. The monoisotopic (exact) mass is 282 g/mol. The van der Waals surface area contributed by atoms with Crippen molar-refractivity contribution in [2.75, 3.05) is 0 Å². The molecule has 0 aromatic heterocycles. The van der Waals surface area contributed by atoms with Gasteiger partial charge in [-0.2, -0.15) is 0 Å². The molecule has 8 nitrogen and oxygen atoms in total. The topological polar surface area (TPSA) is 149 Å². The van der Waals surface area contributed by atoms with Crippen LogP contribution >= 0.6 is 0 Å². The molecule has 0 saturated heterocycles. The Morgan fingerprint density at radius 2 is 1.10 bits per heavy atom. The van der Waals surface area contributed by atoms with Crippen molar-refractivity contribution in [3.05, 3.63) is 47.5 Å². The van der Waals surface area contributed by atoms with Crippen LogP contribution in [0.25, 0.3) is 0 Å². The first-order chi connectivity index (χ1) is 9.23. The van der Waals surface area contributed by atoms with E-state index < -0.39 is 23.9 Å². The molecule has 0 aliphatic heterocycles. The summed E-state index contributed by atoms with van der Waals surface area (Å²) in [7, 11) is 0. The molecule has 1 aromatic rings. The lowest BCUT2D eigenvalue weighted by Crippen LogP contribution is -2.01. The zero-order valence-corrected chi connectivity index (χ0v) is 9.89. The molecule has 20 heavy (non-hydrogen) atoms. The van der Waals surface area contributed by atoms with E-state index in [1.165, 1.54) is 18.2 Å². The van der Waals surface area contributed by atoms with Crippen molar-refractivity contribution < 1.29 is 39.6 Å². The van der Waals surface area contributed by atoms with E-state index >= 15 is 0 Å². The Balaban J connectivity index is 0.000000396. The van der Waals surface area contributed by atoms with Gasteiger partial charge in [0.05, 0.1) is 11.1 Å². The standard InChI is InChI=1S/C8H6O4.C4H4O4/c9-7(10)5-2-1-3-6(4-5)8(11)12;5-3(6)1-2-4(7)8/h1-4H,(H,9,10)(H,11,12);1-2H,(H,5,6)(H,7,8)/b;2-1+. The van der Waals surface area contributed by atoms with Crippen LogP contribution in [0.3, 0.4) is 0 Å². The number of benzene rings is 1. The molecule has 0 amide bonds. The van der Waals surface area contributed by atoms with Crippen LogP contribution in [0.4, 0.5) is 0 Å². The highest BCUT2D eigenvalue weighted by molar-refractivity contribution is 5.93. The molecule has 0 unspecified atom stereocenters. The smallest absolute Gasteiger partial charge is 0.335 e. The Morgan fingerprint density at radius 3 is 1.35 bits per heavy atom. The quantitative estimate of drug-likeness (QED) is 0.592. The molecular formula is C12H10O8. The molecule has 0 atom stereocenters. The van der Waals surface area contributed by atoms with Gasteiger partial charge in [-0.15, -0.1) is 0 Å². The maximum Gasteiger partial charge on any atom is 0.335 e. The number of hydrogen-bond acceptors (Lipinski definition) is 4. The fraction of sp³-hybridized carbons (Fsp3) is 0. The second-order valence-electron chi connectivity index (χ2n) is 3.20. The summed E-state index contributed by atoms with van der Waals surface area (Å²) >= 11 is 0. The third-order valence-electron chi connectivity index (χ3n) is 1.72. The van der Waals surface area contributed by atoms with Gasteiger partial charge in [0.15, 0.2) is 0 Å². The molecule has 0 bridgehead atoms. The van der Waals surface area contributed by atoms with E-state index in [9.17, 15) is 19.2 Å². The molecule has 0 heterocycles. The maximum absolute atomic E-state index is 10.4. The number of hydrogen-bond donors (Lipinski definition) is 4. The van der Waals surface area contributed by atoms with Crippen LogP contribution in [-0.4, -0.2) is 44.3 Å². The molecule has 0 aliphatic rings. The van der Waals surface area contributed by atoms with E-state index in [0.29, 0.717) is 12.2 Å². The van der Waals surface area contributed by atoms with Crippen molar-refractivity contribution in [3.8, 4) is 0 Å². The molecule has 106 valence electrons. The minimum atomic E-state index is -1.26. The fourth-order valence-electron chi connectivity index (χ4n) is 0.928. The summed E-state index contributed by atoms with van der Waals surface area (Å²) in [4.78, 5) is 39.9. The van der Waals surface area contributed by atoms with Crippen molar-refractivity contribution in [2.24, 2.45) is 0 Å². The molecule has 0 saturated carbocycles. The van der Waals surface area contributed by atoms with Gasteiger partial charge in [-0.25, -0.2) is 19.2 Å². The number of aromatic carboxylic acids is 2. The van der Waals surface area contributed by atoms with Gasteiger partial charge >= 0.3 is 23.9 Å². The van der Waals surface area contributed by atoms with Crippen LogP contribution in [0.15, 0.2) is 36.4 Å². The minimum Gasteiger partial charge on any atom is -0.478 e. The molecule has 0 fully saturated rings. The lowest BCUT2D eigenvalue weighted by molar-refractivity contribution is -0.134. The Labute approximate surface area is 112 Å². The first-order valence-corrected chi connectivity index (χ1v) is 4.94. The Hall–Kier alpha value is -3.16. The van der Waals surface area contributed by atoms with Crippen LogP contribution in [0.1, 0.15) is 20.7 Å². The summed E-state index contributed by atoms with van der Waals surface area (Å²) in [6, 6.07) is 5.20. The minimum absolute atomic E-state index is 0.0186. The largest absolute Gasteiger partial charge is 0.478 e. The summed E-state index contributed by atoms with van der Waals surface area (Å²) in [5.74, 6) is -4.77. The Kier molecular flexibility index (Phi) is 6.76. The summed E-state index contributed by atoms with van der Waals surface area (Å²) < 4.78 is 0. The summed E-state index contributed by atoms with van der Waals surface area (Å²) in [6.07, 6.45) is 1.12. The lowest BCUT2D eigenvalue weighted by Gasteiger charge is -1.95. The average Bonchev–Trinajstić information content (AvgIpc) is 2.37. The van der Waals surface area contributed by atoms with E-state index in [4.69, 9.17) is 20.4 Å². The highest BCUT2D eigenvalue weighted by atomic mass is 16.4. The summed E-state index contributed by atoms with van der Waals surface area (Å²) in [6.45, 7) is 0. The van der Waals surface area contributed by atoms with Crippen molar-refractivity contribution in [2.45, 2.75) is 0 Å². The van der Waals surface area contributed by atoms with Crippen LogP contribution < -0.4 is 0 Å². The zero-order chi connectivity index (χ0) is 15.7. The van der Waals surface area contributed by atoms with Crippen LogP contribution in [0.2, 0.25) is 0 Å². The van der Waals surface area contributed by atoms with E-state index in [2.05, 4.69) is 0 Å². The zero-order valence-electron chi connectivity index (χ0n) is 9.89. The van der Waals surface area contributed by atoms with Crippen LogP contribution in [0.5, 0.6) is 0 Å². The predicted molar refractivity (Wildman–Crippen MR) is 64.8 cm³/mol. The van der Waals surface area contributed by atoms with E-state index in [0.717, 1.165) is 6.07 Å². The van der Waals surface area contributed by atoms with Gasteiger partial charge in [-0.1, -0.05) is 6.07 Å². The van der Waals surface area contributed by atoms with Gasteiger partial charge in [-0.05, 0) is 18.2 Å². The van der Waals surface area contributed by atoms with Gasteiger partial charge in [0.1, 0.15) is 0 Å². The highest BCUT2D eigenvalue weighted by Crippen LogP contribution is 2.04. The summed E-state index contributed by atoms with van der Waals surface area (Å²) in [5.41, 5.74) is -0.0372. The molecular weight excluding hydrogens is 272 g/mol. The van der Waals surface area contributed by atoms with E-state index in [-0.39, 0.29) is 11.1 Å². The normalized spacial score (nSPS) is 9.40. The molecule has 0 aliphatic carbocycles. The number of carboxylic acids is 4. The second-order valence-corrected chi connectivity index (χ2v) is 3.20. The third kappa shape index (κ3) is 7.22. The van der Waals surface area contributed by atoms with Crippen molar-refractivity contribution >= 4 is 23.9 Å². The number of carbonyl (C=O) groups is 4. The van der Waals surface area contributed by atoms with E-state index in [1.807, 2.05) is 0 Å². The van der Waals surface area contributed by atoms with Crippen LogP contribution in [-0.2, 0) is 9.59 Å². The molecule has 1 aromatic carbocycles. The van der Waals surface area contributed by atoms with Crippen molar-refractivity contribution in [3.63, 3.8) is 0 Å². The van der Waals surface area contributed by atoms with Crippen LogP contribution in [0, 0.1) is 0 Å². The first kappa shape index (κ1) is 16.8.